The first-order valence-electron chi connectivity index (χ1n) is 5.99. The third kappa shape index (κ3) is 4.57. The zero-order chi connectivity index (χ0) is 13.4. The molecule has 1 N–H and O–H groups in total. The second-order valence-corrected chi connectivity index (χ2v) is 3.99. The summed E-state index contributed by atoms with van der Waals surface area (Å²) in [4.78, 5) is 10.4. The van der Waals surface area contributed by atoms with Gasteiger partial charge in [0, 0.05) is 20.6 Å². The molecule has 0 saturated heterocycles. The van der Waals surface area contributed by atoms with Crippen LogP contribution in [-0.4, -0.2) is 41.6 Å². The normalized spacial score (nSPS) is 11.4. The van der Waals surface area contributed by atoms with Gasteiger partial charge in [-0.25, -0.2) is 0 Å². The fraction of sp³-hybridized carbons (Fsp3) is 0.583. The van der Waals surface area contributed by atoms with Crippen LogP contribution in [0.2, 0.25) is 0 Å². The summed E-state index contributed by atoms with van der Waals surface area (Å²) >= 11 is 0. The monoisotopic (exact) mass is 251 g/mol. The zero-order valence-electron chi connectivity index (χ0n) is 11.3. The number of rotatable bonds is 6. The molecular weight excluding hydrogens is 230 g/mol. The Bertz CT molecular complexity index is 399. The Kier molecular flexibility index (Phi) is 5.90. The highest BCUT2D eigenvalue weighted by atomic mass is 16.5. The number of unbranched alkanes of at least 4 members (excludes halogenated alkanes) is 1. The van der Waals surface area contributed by atoms with Gasteiger partial charge < -0.3 is 14.7 Å². The van der Waals surface area contributed by atoms with Crippen LogP contribution in [0.15, 0.2) is 22.2 Å². The van der Waals surface area contributed by atoms with Crippen LogP contribution in [0, 0.1) is 6.92 Å². The topological polar surface area (TPSA) is 66.5 Å². The van der Waals surface area contributed by atoms with Gasteiger partial charge in [0.1, 0.15) is 0 Å². The third-order valence-electron chi connectivity index (χ3n) is 2.44. The van der Waals surface area contributed by atoms with Crippen molar-refractivity contribution in [1.29, 1.82) is 0 Å². The van der Waals surface area contributed by atoms with Gasteiger partial charge in [-0.15, -0.1) is 6.58 Å². The van der Waals surface area contributed by atoms with E-state index in [2.05, 4.69) is 31.9 Å². The van der Waals surface area contributed by atoms with Crippen molar-refractivity contribution in [2.24, 2.45) is 4.99 Å². The lowest BCUT2D eigenvalue weighted by Crippen LogP contribution is -2.39. The van der Waals surface area contributed by atoms with Gasteiger partial charge in [-0.05, 0) is 19.8 Å². The van der Waals surface area contributed by atoms with Crippen LogP contribution in [0.1, 0.15) is 24.6 Å². The number of guanidine groups is 1. The number of nitrogens with zero attached hydrogens (tertiary/aromatic N) is 4. The molecule has 0 aliphatic heterocycles. The molecule has 0 aliphatic rings. The van der Waals surface area contributed by atoms with E-state index in [9.17, 15) is 0 Å². The number of aryl methyl sites for hydroxylation is 1. The first kappa shape index (κ1) is 14.2. The molecule has 0 radical (unpaired) electrons. The Morgan fingerprint density at radius 1 is 1.61 bits per heavy atom. The predicted molar refractivity (Wildman–Crippen MR) is 71.3 cm³/mol. The van der Waals surface area contributed by atoms with Crippen molar-refractivity contribution in [1.82, 2.24) is 20.4 Å². The van der Waals surface area contributed by atoms with E-state index in [1.807, 2.05) is 13.1 Å². The van der Waals surface area contributed by atoms with Gasteiger partial charge in [0.15, 0.2) is 11.8 Å². The second-order valence-electron chi connectivity index (χ2n) is 3.99. The van der Waals surface area contributed by atoms with Crippen LogP contribution in [0.25, 0.3) is 0 Å². The maximum absolute atomic E-state index is 5.03. The summed E-state index contributed by atoms with van der Waals surface area (Å²) in [6, 6.07) is 0. The van der Waals surface area contributed by atoms with Gasteiger partial charge in [-0.3, -0.25) is 4.99 Å². The van der Waals surface area contributed by atoms with Crippen LogP contribution >= 0.6 is 0 Å². The number of nitrogens with one attached hydrogen (secondary N) is 1. The van der Waals surface area contributed by atoms with Crippen molar-refractivity contribution >= 4 is 5.96 Å². The maximum atomic E-state index is 5.03. The van der Waals surface area contributed by atoms with Crippen LogP contribution in [0.5, 0.6) is 0 Å². The van der Waals surface area contributed by atoms with Gasteiger partial charge in [0.25, 0.3) is 0 Å². The largest absolute Gasteiger partial charge is 0.347 e. The van der Waals surface area contributed by atoms with Gasteiger partial charge in [0.05, 0.1) is 6.54 Å². The average molecular weight is 251 g/mol. The molecule has 0 spiro atoms. The number of aliphatic imine (C=N–C) groups is 1. The Morgan fingerprint density at radius 2 is 2.39 bits per heavy atom. The van der Waals surface area contributed by atoms with Crippen molar-refractivity contribution < 1.29 is 4.52 Å². The molecule has 0 aliphatic carbocycles. The third-order valence-corrected chi connectivity index (χ3v) is 2.44. The van der Waals surface area contributed by atoms with Gasteiger partial charge in [0.2, 0.25) is 5.89 Å². The molecule has 1 aromatic heterocycles. The average Bonchev–Trinajstić information content (AvgIpc) is 2.76. The second kappa shape index (κ2) is 7.47. The first-order chi connectivity index (χ1) is 8.67. The van der Waals surface area contributed by atoms with E-state index in [4.69, 9.17) is 4.52 Å². The maximum Gasteiger partial charge on any atom is 0.246 e. The molecule has 0 atom stereocenters. The molecule has 100 valence electrons. The minimum atomic E-state index is 0.485. The smallest absolute Gasteiger partial charge is 0.246 e. The molecule has 1 heterocycles. The molecular formula is C12H21N5O. The number of allylic oxidation sites excluding steroid dienone is 1. The van der Waals surface area contributed by atoms with E-state index >= 15 is 0 Å². The highest BCUT2D eigenvalue weighted by Gasteiger charge is 2.07. The molecule has 0 amide bonds. The first-order valence-corrected chi connectivity index (χ1v) is 5.99. The molecule has 0 saturated carbocycles. The number of hydrogen-bond acceptors (Lipinski definition) is 4. The molecule has 0 bridgehead atoms. The van der Waals surface area contributed by atoms with Gasteiger partial charge in [-0.2, -0.15) is 4.98 Å². The molecule has 18 heavy (non-hydrogen) atoms. The van der Waals surface area contributed by atoms with E-state index in [-0.39, 0.29) is 0 Å². The van der Waals surface area contributed by atoms with E-state index in [0.29, 0.717) is 18.3 Å². The highest BCUT2D eigenvalue weighted by Crippen LogP contribution is 1.97. The summed E-state index contributed by atoms with van der Waals surface area (Å²) in [7, 11) is 3.75. The zero-order valence-corrected chi connectivity index (χ0v) is 11.3. The Labute approximate surface area is 108 Å². The molecule has 6 nitrogen and oxygen atoms in total. The molecule has 6 heteroatoms. The summed E-state index contributed by atoms with van der Waals surface area (Å²) in [5.41, 5.74) is 0. The summed E-state index contributed by atoms with van der Waals surface area (Å²) in [5.74, 6) is 2.02. The van der Waals surface area contributed by atoms with Crippen LogP contribution in [-0.2, 0) is 6.54 Å². The van der Waals surface area contributed by atoms with Crippen molar-refractivity contribution in [2.75, 3.05) is 20.6 Å². The minimum Gasteiger partial charge on any atom is -0.347 e. The van der Waals surface area contributed by atoms with Crippen LogP contribution in [0.4, 0.5) is 0 Å². The van der Waals surface area contributed by atoms with E-state index in [1.165, 1.54) is 0 Å². The molecule has 1 rings (SSSR count). The molecule has 0 unspecified atom stereocenters. The Morgan fingerprint density at radius 3 is 2.94 bits per heavy atom. The minimum absolute atomic E-state index is 0.485. The highest BCUT2D eigenvalue weighted by molar-refractivity contribution is 5.79. The van der Waals surface area contributed by atoms with Gasteiger partial charge in [-0.1, -0.05) is 11.2 Å². The number of hydrogen-bond donors (Lipinski definition) is 1. The lowest BCUT2D eigenvalue weighted by Gasteiger charge is -2.21. The fourth-order valence-electron chi connectivity index (χ4n) is 1.53. The van der Waals surface area contributed by atoms with Gasteiger partial charge >= 0.3 is 0 Å². The quantitative estimate of drug-likeness (QED) is 0.358. The molecule has 0 fully saturated rings. The fourth-order valence-corrected chi connectivity index (χ4v) is 1.53. The lowest BCUT2D eigenvalue weighted by molar-refractivity contribution is 0.368. The Balaban J connectivity index is 2.39. The van der Waals surface area contributed by atoms with Crippen molar-refractivity contribution in [3.05, 3.63) is 24.4 Å². The summed E-state index contributed by atoms with van der Waals surface area (Å²) < 4.78 is 5.03. The van der Waals surface area contributed by atoms with Crippen molar-refractivity contribution in [3.63, 3.8) is 0 Å². The van der Waals surface area contributed by atoms with Crippen LogP contribution < -0.4 is 5.32 Å². The summed E-state index contributed by atoms with van der Waals surface area (Å²) in [5, 5.41) is 6.91. The molecule has 0 aromatic carbocycles. The van der Waals surface area contributed by atoms with Crippen LogP contribution in [0.3, 0.4) is 0 Å². The summed E-state index contributed by atoms with van der Waals surface area (Å²) in [6.07, 6.45) is 3.98. The van der Waals surface area contributed by atoms with Crippen molar-refractivity contribution in [2.45, 2.75) is 26.3 Å². The van der Waals surface area contributed by atoms with E-state index in [1.54, 1.807) is 14.0 Å². The van der Waals surface area contributed by atoms with E-state index < -0.39 is 0 Å². The lowest BCUT2D eigenvalue weighted by atomic mass is 10.3. The Hall–Kier alpha value is -1.85. The molecule has 1 aromatic rings. The predicted octanol–water partition coefficient (Wildman–Crippen LogP) is 1.35. The SMILES string of the molecule is C=CCCCN(C)C(=NC)NCc1nc(C)no1. The standard InChI is InChI=1S/C12H21N5O/c1-5-6-7-8-17(4)12(13-3)14-9-11-15-10(2)16-18-11/h5H,1,6-9H2,2-4H3,(H,13,14). The number of aromatic nitrogens is 2. The van der Waals surface area contributed by atoms with Crippen molar-refractivity contribution in [3.8, 4) is 0 Å². The summed E-state index contributed by atoms with van der Waals surface area (Å²) in [6.45, 7) is 6.91. The van der Waals surface area contributed by atoms with E-state index in [0.717, 1.165) is 25.3 Å².